The highest BCUT2D eigenvalue weighted by molar-refractivity contribution is 7.99. The first-order chi connectivity index (χ1) is 7.05. The van der Waals surface area contributed by atoms with Gasteiger partial charge in [-0.25, -0.2) is 0 Å². The lowest BCUT2D eigenvalue weighted by atomic mass is 9.99. The van der Waals surface area contributed by atoms with Crippen LogP contribution in [0.25, 0.3) is 0 Å². The Morgan fingerprint density at radius 1 is 1.60 bits per heavy atom. The highest BCUT2D eigenvalue weighted by Gasteiger charge is 2.29. The van der Waals surface area contributed by atoms with Gasteiger partial charge in [0.2, 0.25) is 0 Å². The molecule has 1 heterocycles. The van der Waals surface area contributed by atoms with E-state index in [4.69, 9.17) is 6.42 Å². The van der Waals surface area contributed by atoms with Gasteiger partial charge in [0, 0.05) is 37.0 Å². The number of rotatable bonds is 4. The van der Waals surface area contributed by atoms with Crippen LogP contribution in [-0.2, 0) is 0 Å². The minimum absolute atomic E-state index is 0.253. The first-order valence-corrected chi connectivity index (χ1v) is 6.71. The van der Waals surface area contributed by atoms with Gasteiger partial charge in [-0.1, -0.05) is 5.92 Å². The second-order valence-corrected chi connectivity index (χ2v) is 5.95. The first-order valence-electron chi connectivity index (χ1n) is 5.55. The Labute approximate surface area is 98.2 Å². The van der Waals surface area contributed by atoms with Crippen molar-refractivity contribution in [2.24, 2.45) is 0 Å². The summed E-state index contributed by atoms with van der Waals surface area (Å²) in [4.78, 5) is 2.56. The van der Waals surface area contributed by atoms with Gasteiger partial charge in [-0.05, 0) is 20.8 Å². The fourth-order valence-electron chi connectivity index (χ4n) is 1.88. The lowest BCUT2D eigenvalue weighted by Gasteiger charge is -2.43. The SMILES string of the molecule is C#CCSCCN1CC(C)(C)NCC1C. The number of hydrogen-bond acceptors (Lipinski definition) is 3. The van der Waals surface area contributed by atoms with Crippen LogP contribution in [0.5, 0.6) is 0 Å². The average Bonchev–Trinajstić information content (AvgIpc) is 2.18. The van der Waals surface area contributed by atoms with Crippen LogP contribution >= 0.6 is 11.8 Å². The highest BCUT2D eigenvalue weighted by atomic mass is 32.2. The van der Waals surface area contributed by atoms with Crippen molar-refractivity contribution in [3.8, 4) is 12.3 Å². The van der Waals surface area contributed by atoms with Crippen LogP contribution < -0.4 is 5.32 Å². The van der Waals surface area contributed by atoms with Gasteiger partial charge >= 0.3 is 0 Å². The van der Waals surface area contributed by atoms with Gasteiger partial charge < -0.3 is 5.32 Å². The third-order valence-electron chi connectivity index (χ3n) is 2.81. The summed E-state index contributed by atoms with van der Waals surface area (Å²) in [5.74, 6) is 4.65. The molecule has 1 rings (SSSR count). The molecule has 0 aromatic heterocycles. The number of thioether (sulfide) groups is 1. The van der Waals surface area contributed by atoms with Crippen LogP contribution in [-0.4, -0.2) is 47.6 Å². The molecule has 0 saturated carbocycles. The Hall–Kier alpha value is -0.170. The van der Waals surface area contributed by atoms with E-state index in [1.165, 1.54) is 0 Å². The van der Waals surface area contributed by atoms with E-state index < -0.39 is 0 Å². The van der Waals surface area contributed by atoms with Crippen LogP contribution in [0.1, 0.15) is 20.8 Å². The molecular weight excluding hydrogens is 204 g/mol. The average molecular weight is 226 g/mol. The van der Waals surface area contributed by atoms with Crippen LogP contribution in [0.2, 0.25) is 0 Å². The third kappa shape index (κ3) is 4.46. The lowest BCUT2D eigenvalue weighted by Crippen LogP contribution is -2.61. The van der Waals surface area contributed by atoms with Crippen molar-refractivity contribution in [1.29, 1.82) is 0 Å². The number of terminal acetylenes is 1. The van der Waals surface area contributed by atoms with Gasteiger partial charge in [0.1, 0.15) is 0 Å². The molecule has 0 aliphatic carbocycles. The van der Waals surface area contributed by atoms with E-state index in [1.54, 1.807) is 0 Å². The smallest absolute Gasteiger partial charge is 0.0545 e. The highest BCUT2D eigenvalue weighted by Crippen LogP contribution is 2.15. The molecule has 0 radical (unpaired) electrons. The summed E-state index contributed by atoms with van der Waals surface area (Å²) in [6.07, 6.45) is 5.22. The standard InChI is InChI=1S/C12H22N2S/c1-5-7-15-8-6-14-10-12(3,4)13-9-11(14)2/h1,11,13H,6-10H2,2-4H3. The maximum atomic E-state index is 5.22. The van der Waals surface area contributed by atoms with Crippen LogP contribution in [0.3, 0.4) is 0 Å². The molecule has 1 unspecified atom stereocenters. The number of nitrogens with one attached hydrogen (secondary N) is 1. The fourth-order valence-corrected chi connectivity index (χ4v) is 2.51. The predicted octanol–water partition coefficient (Wildman–Crippen LogP) is 1.43. The largest absolute Gasteiger partial charge is 0.309 e. The summed E-state index contributed by atoms with van der Waals surface area (Å²) < 4.78 is 0. The molecule has 1 N–H and O–H groups in total. The molecule has 0 bridgehead atoms. The molecule has 0 amide bonds. The molecule has 1 saturated heterocycles. The van der Waals surface area contributed by atoms with Crippen LogP contribution in [0.4, 0.5) is 0 Å². The van der Waals surface area contributed by atoms with Crippen molar-refractivity contribution in [2.75, 3.05) is 31.1 Å². The van der Waals surface area contributed by atoms with E-state index in [9.17, 15) is 0 Å². The lowest BCUT2D eigenvalue weighted by molar-refractivity contribution is 0.112. The second-order valence-electron chi connectivity index (χ2n) is 4.84. The Balaban J connectivity index is 2.29. The molecule has 1 aliphatic rings. The van der Waals surface area contributed by atoms with E-state index in [-0.39, 0.29) is 5.54 Å². The van der Waals surface area contributed by atoms with Crippen molar-refractivity contribution >= 4 is 11.8 Å². The predicted molar refractivity (Wildman–Crippen MR) is 69.3 cm³/mol. The molecule has 1 fully saturated rings. The van der Waals surface area contributed by atoms with Crippen molar-refractivity contribution in [3.05, 3.63) is 0 Å². The van der Waals surface area contributed by atoms with Crippen molar-refractivity contribution in [3.63, 3.8) is 0 Å². The summed E-state index contributed by atoms with van der Waals surface area (Å²) in [6, 6.07) is 0.643. The van der Waals surface area contributed by atoms with E-state index in [1.807, 2.05) is 11.8 Å². The van der Waals surface area contributed by atoms with Crippen molar-refractivity contribution < 1.29 is 0 Å². The van der Waals surface area contributed by atoms with Gasteiger partial charge in [0.05, 0.1) is 5.75 Å². The summed E-state index contributed by atoms with van der Waals surface area (Å²) in [7, 11) is 0. The summed E-state index contributed by atoms with van der Waals surface area (Å²) in [5, 5.41) is 3.56. The van der Waals surface area contributed by atoms with Gasteiger partial charge in [-0.3, -0.25) is 4.90 Å². The summed E-state index contributed by atoms with van der Waals surface area (Å²) in [6.45, 7) is 10.2. The molecular formula is C12H22N2S. The fraction of sp³-hybridized carbons (Fsp3) is 0.833. The number of hydrogen-bond donors (Lipinski definition) is 1. The van der Waals surface area contributed by atoms with E-state index in [0.29, 0.717) is 6.04 Å². The first kappa shape index (κ1) is 12.9. The van der Waals surface area contributed by atoms with Gasteiger partial charge in [0.25, 0.3) is 0 Å². The zero-order chi connectivity index (χ0) is 11.3. The Bertz CT molecular complexity index is 232. The Morgan fingerprint density at radius 3 is 3.00 bits per heavy atom. The van der Waals surface area contributed by atoms with E-state index >= 15 is 0 Å². The van der Waals surface area contributed by atoms with Gasteiger partial charge in [-0.15, -0.1) is 18.2 Å². The monoisotopic (exact) mass is 226 g/mol. The quantitative estimate of drug-likeness (QED) is 0.576. The molecule has 0 aromatic carbocycles. The molecule has 1 atom stereocenters. The molecule has 15 heavy (non-hydrogen) atoms. The van der Waals surface area contributed by atoms with Crippen molar-refractivity contribution in [1.82, 2.24) is 10.2 Å². The zero-order valence-corrected chi connectivity index (χ0v) is 10.9. The Morgan fingerprint density at radius 2 is 2.33 bits per heavy atom. The van der Waals surface area contributed by atoms with Crippen LogP contribution in [0.15, 0.2) is 0 Å². The molecule has 86 valence electrons. The minimum Gasteiger partial charge on any atom is -0.309 e. The topological polar surface area (TPSA) is 15.3 Å². The Kier molecular flexibility index (Phi) is 4.98. The molecule has 1 aliphatic heterocycles. The third-order valence-corrected chi connectivity index (χ3v) is 3.65. The number of piperazine rings is 1. The normalized spacial score (nSPS) is 26.1. The minimum atomic E-state index is 0.253. The maximum Gasteiger partial charge on any atom is 0.0545 e. The second kappa shape index (κ2) is 5.79. The molecule has 3 heteroatoms. The van der Waals surface area contributed by atoms with Crippen LogP contribution in [0, 0.1) is 12.3 Å². The van der Waals surface area contributed by atoms with E-state index in [2.05, 4.69) is 36.9 Å². The van der Waals surface area contributed by atoms with Gasteiger partial charge in [0.15, 0.2) is 0 Å². The zero-order valence-electron chi connectivity index (χ0n) is 10.0. The maximum absolute atomic E-state index is 5.22. The molecule has 2 nitrogen and oxygen atoms in total. The van der Waals surface area contributed by atoms with Crippen molar-refractivity contribution in [2.45, 2.75) is 32.4 Å². The number of nitrogens with zero attached hydrogens (tertiary/aromatic N) is 1. The molecule has 0 aromatic rings. The van der Waals surface area contributed by atoms with Gasteiger partial charge in [-0.2, -0.15) is 0 Å². The summed E-state index contributed by atoms with van der Waals surface area (Å²) in [5.41, 5.74) is 0.253. The summed E-state index contributed by atoms with van der Waals surface area (Å²) >= 11 is 1.85. The molecule has 0 spiro atoms. The van der Waals surface area contributed by atoms with E-state index in [0.717, 1.165) is 31.1 Å².